The molecule has 0 radical (unpaired) electrons. The maximum Gasteiger partial charge on any atom is 0.378 e. The van der Waals surface area contributed by atoms with Gasteiger partial charge in [0.05, 0.1) is 19.3 Å². The van der Waals surface area contributed by atoms with Crippen LogP contribution in [0.3, 0.4) is 0 Å². The van der Waals surface area contributed by atoms with Gasteiger partial charge in [0.1, 0.15) is 11.5 Å². The average molecular weight is 250 g/mol. The van der Waals surface area contributed by atoms with Crippen molar-refractivity contribution >= 4 is 17.5 Å². The van der Waals surface area contributed by atoms with Crippen LogP contribution in [0.2, 0.25) is 0 Å². The molecular formula is C13H14O5. The molecule has 5 nitrogen and oxygen atoms in total. The van der Waals surface area contributed by atoms with Gasteiger partial charge in [0.25, 0.3) is 5.78 Å². The maximum atomic E-state index is 11.3. The summed E-state index contributed by atoms with van der Waals surface area (Å²) in [5.41, 5.74) is 0.344. The number of aliphatic hydroxyl groups is 1. The predicted molar refractivity (Wildman–Crippen MR) is 65.2 cm³/mol. The lowest BCUT2D eigenvalue weighted by Gasteiger charge is -2.08. The van der Waals surface area contributed by atoms with Crippen LogP contribution in [0.5, 0.6) is 5.75 Å². The van der Waals surface area contributed by atoms with E-state index in [2.05, 4.69) is 4.74 Å². The Labute approximate surface area is 105 Å². The highest BCUT2D eigenvalue weighted by Crippen LogP contribution is 2.24. The minimum Gasteiger partial charge on any atom is -0.507 e. The maximum absolute atomic E-state index is 11.3. The van der Waals surface area contributed by atoms with E-state index >= 15 is 0 Å². The molecular weight excluding hydrogens is 236 g/mol. The first-order chi connectivity index (χ1) is 8.60. The minimum absolute atomic E-state index is 0.338. The van der Waals surface area contributed by atoms with Crippen LogP contribution >= 0.6 is 0 Å². The summed E-state index contributed by atoms with van der Waals surface area (Å²) < 4.78 is 9.55. The van der Waals surface area contributed by atoms with Crippen LogP contribution in [0.1, 0.15) is 12.5 Å². The standard InChI is InChI=1S/C13H14O5/c1-3-18-12-7-5-4-6-9(12)10(14)8-11(15)13(16)17-2/h4-8,14H,3H2,1-2H3/b10-8-. The molecule has 0 amide bonds. The number of methoxy groups -OCH3 is 1. The fourth-order valence-corrected chi connectivity index (χ4v) is 1.32. The molecule has 0 saturated heterocycles. The number of hydrogen-bond acceptors (Lipinski definition) is 5. The highest BCUT2D eigenvalue weighted by Gasteiger charge is 2.14. The van der Waals surface area contributed by atoms with Gasteiger partial charge in [-0.05, 0) is 19.1 Å². The van der Waals surface area contributed by atoms with Gasteiger partial charge in [0, 0.05) is 6.08 Å². The van der Waals surface area contributed by atoms with Crippen molar-refractivity contribution in [3.8, 4) is 5.75 Å². The third kappa shape index (κ3) is 3.35. The zero-order valence-electron chi connectivity index (χ0n) is 10.2. The number of hydrogen-bond donors (Lipinski definition) is 1. The van der Waals surface area contributed by atoms with Crippen molar-refractivity contribution in [2.24, 2.45) is 0 Å². The fraction of sp³-hybridized carbons (Fsp3) is 0.231. The molecule has 18 heavy (non-hydrogen) atoms. The zero-order valence-corrected chi connectivity index (χ0v) is 10.2. The molecule has 1 aromatic carbocycles. The van der Waals surface area contributed by atoms with Gasteiger partial charge in [-0.3, -0.25) is 4.79 Å². The number of ether oxygens (including phenoxy) is 2. The van der Waals surface area contributed by atoms with Crippen molar-refractivity contribution in [3.63, 3.8) is 0 Å². The van der Waals surface area contributed by atoms with Gasteiger partial charge < -0.3 is 14.6 Å². The van der Waals surface area contributed by atoms with Gasteiger partial charge in [0.2, 0.25) is 0 Å². The molecule has 1 rings (SSSR count). The van der Waals surface area contributed by atoms with Gasteiger partial charge in [0.15, 0.2) is 0 Å². The van der Waals surface area contributed by atoms with E-state index in [1.165, 1.54) is 0 Å². The van der Waals surface area contributed by atoms with Gasteiger partial charge in [-0.1, -0.05) is 12.1 Å². The lowest BCUT2D eigenvalue weighted by atomic mass is 10.1. The van der Waals surface area contributed by atoms with Crippen molar-refractivity contribution in [2.75, 3.05) is 13.7 Å². The number of aliphatic hydroxyl groups excluding tert-OH is 1. The van der Waals surface area contributed by atoms with E-state index in [9.17, 15) is 14.7 Å². The third-order valence-corrected chi connectivity index (χ3v) is 2.12. The molecule has 0 bridgehead atoms. The van der Waals surface area contributed by atoms with Crippen LogP contribution in [-0.4, -0.2) is 30.6 Å². The molecule has 0 fully saturated rings. The van der Waals surface area contributed by atoms with Crippen LogP contribution in [0, 0.1) is 0 Å². The molecule has 5 heteroatoms. The van der Waals surface area contributed by atoms with Gasteiger partial charge in [-0.25, -0.2) is 4.79 Å². The number of carbonyl (C=O) groups excluding carboxylic acids is 2. The SMILES string of the molecule is CCOc1ccccc1/C(O)=C/C(=O)C(=O)OC. The molecule has 0 aliphatic rings. The number of esters is 1. The lowest BCUT2D eigenvalue weighted by molar-refractivity contribution is -0.149. The highest BCUT2D eigenvalue weighted by molar-refractivity contribution is 6.39. The summed E-state index contributed by atoms with van der Waals surface area (Å²) in [4.78, 5) is 22.2. The number of rotatable bonds is 5. The Hall–Kier alpha value is -2.30. The van der Waals surface area contributed by atoms with Crippen LogP contribution < -0.4 is 4.74 Å². The Morgan fingerprint density at radius 1 is 1.33 bits per heavy atom. The number of para-hydroxylation sites is 1. The van der Waals surface area contributed by atoms with Crippen molar-refractivity contribution in [1.29, 1.82) is 0 Å². The van der Waals surface area contributed by atoms with Crippen molar-refractivity contribution in [3.05, 3.63) is 35.9 Å². The van der Waals surface area contributed by atoms with Gasteiger partial charge in [-0.2, -0.15) is 0 Å². The van der Waals surface area contributed by atoms with E-state index in [0.717, 1.165) is 13.2 Å². The molecule has 96 valence electrons. The topological polar surface area (TPSA) is 72.8 Å². The molecule has 0 heterocycles. The van der Waals surface area contributed by atoms with E-state index < -0.39 is 11.8 Å². The average Bonchev–Trinajstić information content (AvgIpc) is 2.38. The first kappa shape index (κ1) is 13.8. The Morgan fingerprint density at radius 3 is 2.61 bits per heavy atom. The van der Waals surface area contributed by atoms with E-state index in [1.807, 2.05) is 0 Å². The predicted octanol–water partition coefficient (Wildman–Crippen LogP) is 1.73. The first-order valence-electron chi connectivity index (χ1n) is 5.35. The summed E-state index contributed by atoms with van der Waals surface area (Å²) in [6, 6.07) is 6.67. The van der Waals surface area contributed by atoms with Crippen molar-refractivity contribution in [2.45, 2.75) is 6.92 Å². The number of ketones is 1. The van der Waals surface area contributed by atoms with Crippen molar-refractivity contribution < 1.29 is 24.2 Å². The molecule has 0 unspecified atom stereocenters. The number of benzene rings is 1. The van der Waals surface area contributed by atoms with Crippen LogP contribution in [0.4, 0.5) is 0 Å². The molecule has 0 aromatic heterocycles. The minimum atomic E-state index is -1.03. The summed E-state index contributed by atoms with van der Waals surface area (Å²) in [5.74, 6) is -1.86. The van der Waals surface area contributed by atoms with Gasteiger partial charge in [-0.15, -0.1) is 0 Å². The Morgan fingerprint density at radius 2 is 2.00 bits per heavy atom. The first-order valence-corrected chi connectivity index (χ1v) is 5.35. The summed E-state index contributed by atoms with van der Waals surface area (Å²) in [7, 11) is 1.10. The monoisotopic (exact) mass is 250 g/mol. The zero-order chi connectivity index (χ0) is 13.5. The summed E-state index contributed by atoms with van der Waals surface area (Å²) in [6.45, 7) is 2.23. The van der Waals surface area contributed by atoms with Crippen molar-refractivity contribution in [1.82, 2.24) is 0 Å². The van der Waals surface area contributed by atoms with Crippen LogP contribution in [0.15, 0.2) is 30.3 Å². The Kier molecular flexibility index (Phi) is 4.92. The molecule has 0 atom stereocenters. The number of carbonyl (C=O) groups is 2. The van der Waals surface area contributed by atoms with Crippen LogP contribution in [-0.2, 0) is 14.3 Å². The van der Waals surface area contributed by atoms with E-state index in [-0.39, 0.29) is 5.76 Å². The molecule has 0 saturated carbocycles. The second kappa shape index (κ2) is 6.44. The molecule has 0 aliphatic carbocycles. The fourth-order valence-electron chi connectivity index (χ4n) is 1.32. The Balaban J connectivity index is 3.03. The van der Waals surface area contributed by atoms with E-state index in [4.69, 9.17) is 4.74 Å². The molecule has 1 aromatic rings. The lowest BCUT2D eigenvalue weighted by Crippen LogP contribution is -2.13. The highest BCUT2D eigenvalue weighted by atomic mass is 16.5. The summed E-state index contributed by atoms with van der Waals surface area (Å²) in [6.07, 6.45) is 0.809. The van der Waals surface area contributed by atoms with E-state index in [0.29, 0.717) is 17.9 Å². The Bertz CT molecular complexity index is 476. The quantitative estimate of drug-likeness (QED) is 0.373. The van der Waals surface area contributed by atoms with Crippen LogP contribution in [0.25, 0.3) is 5.76 Å². The molecule has 0 spiro atoms. The summed E-state index contributed by atoms with van der Waals surface area (Å²) >= 11 is 0. The second-order valence-corrected chi connectivity index (χ2v) is 3.31. The normalized spacial score (nSPS) is 10.9. The second-order valence-electron chi connectivity index (χ2n) is 3.31. The smallest absolute Gasteiger partial charge is 0.378 e. The van der Waals surface area contributed by atoms with Gasteiger partial charge >= 0.3 is 5.97 Å². The molecule has 1 N–H and O–H groups in total. The molecule has 0 aliphatic heterocycles. The summed E-state index contributed by atoms with van der Waals surface area (Å²) in [5, 5.41) is 9.80. The third-order valence-electron chi connectivity index (χ3n) is 2.12. The van der Waals surface area contributed by atoms with E-state index in [1.54, 1.807) is 31.2 Å². The largest absolute Gasteiger partial charge is 0.507 e.